The zero-order valence-electron chi connectivity index (χ0n) is 12.7. The molecule has 1 amide bonds. The number of hydrogen-bond acceptors (Lipinski definition) is 4. The summed E-state index contributed by atoms with van der Waals surface area (Å²) in [4.78, 5) is 19.3. The number of fused-ring (bicyclic) bond motifs is 1. The number of benzene rings is 1. The lowest BCUT2D eigenvalue weighted by atomic mass is 10.1. The van der Waals surface area contributed by atoms with E-state index in [4.69, 9.17) is 0 Å². The fraction of sp³-hybridized carbons (Fsp3) is 0.0588. The molecule has 2 N–H and O–H groups in total. The third-order valence-corrected chi connectivity index (χ3v) is 3.72. The molecule has 7 heteroatoms. The van der Waals surface area contributed by atoms with E-state index in [1.165, 1.54) is 0 Å². The van der Waals surface area contributed by atoms with Crippen molar-refractivity contribution >= 4 is 16.8 Å². The Morgan fingerprint density at radius 3 is 2.92 bits per heavy atom. The van der Waals surface area contributed by atoms with Crippen molar-refractivity contribution in [1.82, 2.24) is 30.3 Å². The first-order valence-electron chi connectivity index (χ1n) is 7.46. The van der Waals surface area contributed by atoms with Crippen molar-refractivity contribution < 1.29 is 4.79 Å². The maximum absolute atomic E-state index is 12.3. The van der Waals surface area contributed by atoms with Crippen molar-refractivity contribution in [3.63, 3.8) is 0 Å². The van der Waals surface area contributed by atoms with Crippen LogP contribution < -0.4 is 5.32 Å². The van der Waals surface area contributed by atoms with Gasteiger partial charge in [-0.1, -0.05) is 11.3 Å². The summed E-state index contributed by atoms with van der Waals surface area (Å²) < 4.78 is 1.65. The highest BCUT2D eigenvalue weighted by molar-refractivity contribution is 5.97. The molecular weight excluding hydrogens is 304 g/mol. The first-order chi connectivity index (χ1) is 11.8. The Balaban J connectivity index is 1.45. The molecule has 0 bridgehead atoms. The Labute approximate surface area is 137 Å². The molecule has 0 aliphatic rings. The van der Waals surface area contributed by atoms with Gasteiger partial charge in [-0.15, -0.1) is 5.10 Å². The fourth-order valence-electron chi connectivity index (χ4n) is 2.46. The highest BCUT2D eigenvalue weighted by Crippen LogP contribution is 2.14. The van der Waals surface area contributed by atoms with Crippen LogP contribution >= 0.6 is 0 Å². The fourth-order valence-corrected chi connectivity index (χ4v) is 2.46. The van der Waals surface area contributed by atoms with E-state index in [0.29, 0.717) is 17.8 Å². The summed E-state index contributed by atoms with van der Waals surface area (Å²) in [5.74, 6) is -0.148. The average molecular weight is 318 g/mol. The SMILES string of the molecule is O=C(NCc1cn(-c2ccncc2)nn1)c1ccc2cc[nH]c2c1. The molecule has 3 heterocycles. The number of H-pyrrole nitrogens is 1. The maximum atomic E-state index is 12.3. The van der Waals surface area contributed by atoms with Gasteiger partial charge in [0.25, 0.3) is 5.91 Å². The normalized spacial score (nSPS) is 10.8. The summed E-state index contributed by atoms with van der Waals surface area (Å²) >= 11 is 0. The molecule has 0 fully saturated rings. The van der Waals surface area contributed by atoms with Crippen molar-refractivity contribution in [3.8, 4) is 5.69 Å². The number of pyridine rings is 1. The van der Waals surface area contributed by atoms with Gasteiger partial charge >= 0.3 is 0 Å². The van der Waals surface area contributed by atoms with E-state index in [0.717, 1.165) is 16.6 Å². The van der Waals surface area contributed by atoms with Gasteiger partial charge in [0, 0.05) is 29.7 Å². The molecule has 24 heavy (non-hydrogen) atoms. The topological polar surface area (TPSA) is 88.5 Å². The van der Waals surface area contributed by atoms with Crippen LogP contribution in [0.2, 0.25) is 0 Å². The van der Waals surface area contributed by atoms with Gasteiger partial charge in [0.1, 0.15) is 5.69 Å². The lowest BCUT2D eigenvalue weighted by Crippen LogP contribution is -2.22. The summed E-state index contributed by atoms with van der Waals surface area (Å²) in [5.41, 5.74) is 3.09. The first kappa shape index (κ1) is 14.1. The molecule has 0 aliphatic heterocycles. The van der Waals surface area contributed by atoms with Crippen molar-refractivity contribution in [1.29, 1.82) is 0 Å². The van der Waals surface area contributed by atoms with Gasteiger partial charge in [0.2, 0.25) is 0 Å². The largest absolute Gasteiger partial charge is 0.361 e. The summed E-state index contributed by atoms with van der Waals surface area (Å²) in [6, 6.07) is 11.2. The number of rotatable bonds is 4. The van der Waals surface area contributed by atoms with Gasteiger partial charge in [-0.25, -0.2) is 4.68 Å². The monoisotopic (exact) mass is 318 g/mol. The Kier molecular flexibility index (Phi) is 3.51. The van der Waals surface area contributed by atoms with Crippen molar-refractivity contribution in [3.05, 3.63) is 72.4 Å². The molecule has 0 saturated carbocycles. The molecule has 7 nitrogen and oxygen atoms in total. The van der Waals surface area contributed by atoms with Crippen molar-refractivity contribution in [2.24, 2.45) is 0 Å². The summed E-state index contributed by atoms with van der Waals surface area (Å²) in [6.45, 7) is 0.312. The molecule has 0 aliphatic carbocycles. The first-order valence-corrected chi connectivity index (χ1v) is 7.46. The van der Waals surface area contributed by atoms with Gasteiger partial charge in [0.05, 0.1) is 18.4 Å². The maximum Gasteiger partial charge on any atom is 0.251 e. The molecule has 4 aromatic rings. The number of aromatic nitrogens is 5. The van der Waals surface area contributed by atoms with Crippen LogP contribution in [0.1, 0.15) is 16.1 Å². The smallest absolute Gasteiger partial charge is 0.251 e. The highest BCUT2D eigenvalue weighted by atomic mass is 16.1. The number of hydrogen-bond donors (Lipinski definition) is 2. The van der Waals surface area contributed by atoms with Crippen LogP contribution in [0.15, 0.2) is 61.2 Å². The van der Waals surface area contributed by atoms with Crippen LogP contribution in [-0.4, -0.2) is 30.9 Å². The van der Waals surface area contributed by atoms with Crippen molar-refractivity contribution in [2.75, 3.05) is 0 Å². The summed E-state index contributed by atoms with van der Waals surface area (Å²) in [5, 5.41) is 12.1. The number of carbonyl (C=O) groups is 1. The minimum atomic E-state index is -0.148. The van der Waals surface area contributed by atoms with Gasteiger partial charge in [-0.2, -0.15) is 0 Å². The van der Waals surface area contributed by atoms with Crippen LogP contribution in [-0.2, 0) is 6.54 Å². The average Bonchev–Trinajstić information content (AvgIpc) is 3.29. The summed E-state index contributed by atoms with van der Waals surface area (Å²) in [7, 11) is 0. The highest BCUT2D eigenvalue weighted by Gasteiger charge is 2.08. The lowest BCUT2D eigenvalue weighted by molar-refractivity contribution is 0.0950. The Morgan fingerprint density at radius 1 is 1.17 bits per heavy atom. The van der Waals surface area contributed by atoms with E-state index >= 15 is 0 Å². The van der Waals surface area contributed by atoms with Gasteiger partial charge in [-0.05, 0) is 35.7 Å². The van der Waals surface area contributed by atoms with E-state index in [9.17, 15) is 4.79 Å². The molecule has 118 valence electrons. The van der Waals surface area contributed by atoms with Gasteiger partial charge in [-0.3, -0.25) is 9.78 Å². The number of aromatic amines is 1. The lowest BCUT2D eigenvalue weighted by Gasteiger charge is -2.03. The standard InChI is InChI=1S/C17H14N6O/c24-17(13-2-1-12-3-8-19-16(12)9-13)20-10-14-11-23(22-21-14)15-4-6-18-7-5-15/h1-9,11,19H,10H2,(H,20,24). The quantitative estimate of drug-likeness (QED) is 0.603. The molecule has 1 aromatic carbocycles. The molecule has 0 atom stereocenters. The van der Waals surface area contributed by atoms with Crippen LogP contribution in [0.25, 0.3) is 16.6 Å². The third kappa shape index (κ3) is 2.74. The molecule has 0 spiro atoms. The van der Waals surface area contributed by atoms with Crippen LogP contribution in [0, 0.1) is 0 Å². The number of nitrogens with one attached hydrogen (secondary N) is 2. The third-order valence-electron chi connectivity index (χ3n) is 3.72. The predicted molar refractivity (Wildman–Crippen MR) is 88.6 cm³/mol. The molecular formula is C17H14N6O. The number of carbonyl (C=O) groups excluding carboxylic acids is 1. The minimum Gasteiger partial charge on any atom is -0.361 e. The second-order valence-corrected chi connectivity index (χ2v) is 5.32. The van der Waals surface area contributed by atoms with E-state index < -0.39 is 0 Å². The second kappa shape index (κ2) is 5.96. The molecule has 3 aromatic heterocycles. The Morgan fingerprint density at radius 2 is 2.04 bits per heavy atom. The zero-order chi connectivity index (χ0) is 16.4. The van der Waals surface area contributed by atoms with Crippen LogP contribution in [0.4, 0.5) is 0 Å². The number of nitrogens with zero attached hydrogens (tertiary/aromatic N) is 4. The minimum absolute atomic E-state index is 0.148. The predicted octanol–water partition coefficient (Wildman–Crippen LogP) is 2.07. The summed E-state index contributed by atoms with van der Waals surface area (Å²) in [6.07, 6.45) is 7.01. The Bertz CT molecular complexity index is 988. The van der Waals surface area contributed by atoms with Gasteiger partial charge in [0.15, 0.2) is 0 Å². The van der Waals surface area contributed by atoms with Gasteiger partial charge < -0.3 is 10.3 Å². The van der Waals surface area contributed by atoms with E-state index in [-0.39, 0.29) is 5.91 Å². The molecule has 0 saturated heterocycles. The van der Waals surface area contributed by atoms with Crippen LogP contribution in [0.3, 0.4) is 0 Å². The molecule has 0 radical (unpaired) electrons. The number of amides is 1. The Hall–Kier alpha value is -3.48. The van der Waals surface area contributed by atoms with E-state index in [1.807, 2.05) is 36.5 Å². The van der Waals surface area contributed by atoms with E-state index in [1.54, 1.807) is 29.3 Å². The molecule has 0 unspecified atom stereocenters. The van der Waals surface area contributed by atoms with E-state index in [2.05, 4.69) is 25.6 Å². The second-order valence-electron chi connectivity index (χ2n) is 5.32. The zero-order valence-corrected chi connectivity index (χ0v) is 12.7. The van der Waals surface area contributed by atoms with Crippen LogP contribution in [0.5, 0.6) is 0 Å². The van der Waals surface area contributed by atoms with Crippen molar-refractivity contribution in [2.45, 2.75) is 6.54 Å². The molecule has 4 rings (SSSR count).